The fourth-order valence-electron chi connectivity index (χ4n) is 2.27. The molecule has 102 valence electrons. The number of fused-ring (bicyclic) bond motifs is 1. The monoisotopic (exact) mass is 332 g/mol. The maximum Gasteiger partial charge on any atom is 0.137 e. The first kappa shape index (κ1) is 13.3. The van der Waals surface area contributed by atoms with Gasteiger partial charge >= 0.3 is 0 Å². The molecule has 3 rings (SSSR count). The van der Waals surface area contributed by atoms with Gasteiger partial charge in [0.25, 0.3) is 0 Å². The first-order valence-corrected chi connectivity index (χ1v) is 7.20. The van der Waals surface area contributed by atoms with Crippen LogP contribution in [-0.2, 0) is 6.54 Å². The van der Waals surface area contributed by atoms with Gasteiger partial charge in [-0.1, -0.05) is 6.07 Å². The van der Waals surface area contributed by atoms with Crippen molar-refractivity contribution >= 4 is 27.0 Å². The van der Waals surface area contributed by atoms with E-state index in [9.17, 15) is 4.39 Å². The summed E-state index contributed by atoms with van der Waals surface area (Å²) in [4.78, 5) is 4.43. The predicted molar refractivity (Wildman–Crippen MR) is 82.4 cm³/mol. The van der Waals surface area contributed by atoms with Crippen LogP contribution in [0.3, 0.4) is 0 Å². The summed E-state index contributed by atoms with van der Waals surface area (Å²) in [5.74, 6) is -0.240. The summed E-state index contributed by atoms with van der Waals surface area (Å²) in [5, 5.41) is 0. The molecule has 0 N–H and O–H groups in total. The van der Waals surface area contributed by atoms with Gasteiger partial charge in [0.1, 0.15) is 5.82 Å². The molecule has 2 aromatic carbocycles. The van der Waals surface area contributed by atoms with Gasteiger partial charge < -0.3 is 4.57 Å². The Kier molecular flexibility index (Phi) is 3.34. The van der Waals surface area contributed by atoms with Crippen molar-refractivity contribution in [2.24, 2.45) is 0 Å². The number of aromatic nitrogens is 2. The summed E-state index contributed by atoms with van der Waals surface area (Å²) in [5.41, 5.74) is 5.63. The number of benzene rings is 2. The third kappa shape index (κ3) is 2.36. The molecule has 0 saturated heterocycles. The fourth-order valence-corrected chi connectivity index (χ4v) is 2.70. The van der Waals surface area contributed by atoms with Gasteiger partial charge in [0.15, 0.2) is 0 Å². The minimum absolute atomic E-state index is 0.240. The Morgan fingerprint density at radius 1 is 1.15 bits per heavy atom. The smallest absolute Gasteiger partial charge is 0.137 e. The molecule has 0 atom stereocenters. The maximum absolute atomic E-state index is 13.3. The summed E-state index contributed by atoms with van der Waals surface area (Å²) in [7, 11) is 0. The van der Waals surface area contributed by atoms with Gasteiger partial charge in [0, 0.05) is 6.54 Å². The number of aryl methyl sites for hydroxylation is 2. The number of hydrogen-bond donors (Lipinski definition) is 0. The van der Waals surface area contributed by atoms with Crippen LogP contribution in [0.15, 0.2) is 41.1 Å². The molecule has 0 fully saturated rings. The largest absolute Gasteiger partial charge is 0.326 e. The van der Waals surface area contributed by atoms with E-state index in [2.05, 4.69) is 51.5 Å². The predicted octanol–water partition coefficient (Wildman–Crippen LogP) is 4.60. The second-order valence-corrected chi connectivity index (χ2v) is 5.90. The second kappa shape index (κ2) is 5.02. The number of halogens is 2. The van der Waals surface area contributed by atoms with E-state index < -0.39 is 0 Å². The van der Waals surface area contributed by atoms with Crippen molar-refractivity contribution in [1.82, 2.24) is 9.55 Å². The standard InChI is InChI=1S/C16H14BrFN2/c1-10-5-15-16(6-11(10)2)20(9-19-15)8-12-3-4-14(18)13(17)7-12/h3-7,9H,8H2,1-2H3. The Morgan fingerprint density at radius 2 is 1.90 bits per heavy atom. The van der Waals surface area contributed by atoms with Crippen LogP contribution in [0.5, 0.6) is 0 Å². The Morgan fingerprint density at radius 3 is 2.65 bits per heavy atom. The van der Waals surface area contributed by atoms with Gasteiger partial charge in [-0.15, -0.1) is 0 Å². The summed E-state index contributed by atoms with van der Waals surface area (Å²) < 4.78 is 15.8. The first-order chi connectivity index (χ1) is 9.54. The molecule has 0 radical (unpaired) electrons. The number of hydrogen-bond acceptors (Lipinski definition) is 1. The molecule has 1 heterocycles. The van der Waals surface area contributed by atoms with Crippen molar-refractivity contribution < 1.29 is 4.39 Å². The molecular weight excluding hydrogens is 319 g/mol. The number of rotatable bonds is 2. The maximum atomic E-state index is 13.3. The normalized spacial score (nSPS) is 11.2. The van der Waals surface area contributed by atoms with Gasteiger partial charge in [-0.25, -0.2) is 9.37 Å². The fraction of sp³-hybridized carbons (Fsp3) is 0.188. The minimum atomic E-state index is -0.240. The van der Waals surface area contributed by atoms with Crippen LogP contribution in [-0.4, -0.2) is 9.55 Å². The first-order valence-electron chi connectivity index (χ1n) is 6.40. The molecule has 0 spiro atoms. The highest BCUT2D eigenvalue weighted by molar-refractivity contribution is 9.10. The zero-order valence-corrected chi connectivity index (χ0v) is 12.9. The molecule has 1 aromatic heterocycles. The molecule has 0 unspecified atom stereocenters. The van der Waals surface area contributed by atoms with E-state index in [0.717, 1.165) is 16.6 Å². The van der Waals surface area contributed by atoms with E-state index >= 15 is 0 Å². The zero-order chi connectivity index (χ0) is 14.3. The van der Waals surface area contributed by atoms with Crippen molar-refractivity contribution in [3.8, 4) is 0 Å². The topological polar surface area (TPSA) is 17.8 Å². The van der Waals surface area contributed by atoms with E-state index in [1.807, 2.05) is 12.4 Å². The Hall–Kier alpha value is -1.68. The molecule has 0 amide bonds. The number of imidazole rings is 1. The Labute approximate surface area is 125 Å². The molecule has 0 aliphatic heterocycles. The molecule has 4 heteroatoms. The van der Waals surface area contributed by atoms with Crippen molar-refractivity contribution in [2.75, 3.05) is 0 Å². The van der Waals surface area contributed by atoms with Crippen LogP contribution < -0.4 is 0 Å². The van der Waals surface area contributed by atoms with Crippen molar-refractivity contribution in [2.45, 2.75) is 20.4 Å². The Balaban J connectivity index is 2.02. The third-order valence-electron chi connectivity index (χ3n) is 3.57. The third-order valence-corrected chi connectivity index (χ3v) is 4.18. The lowest BCUT2D eigenvalue weighted by molar-refractivity contribution is 0.619. The molecule has 0 aliphatic rings. The average molecular weight is 333 g/mol. The Bertz CT molecular complexity index is 793. The zero-order valence-electron chi connectivity index (χ0n) is 11.3. The van der Waals surface area contributed by atoms with Crippen LogP contribution in [0.1, 0.15) is 16.7 Å². The van der Waals surface area contributed by atoms with E-state index in [1.54, 1.807) is 6.07 Å². The SMILES string of the molecule is Cc1cc2ncn(Cc3ccc(F)c(Br)c3)c2cc1C. The van der Waals surface area contributed by atoms with Crippen molar-refractivity contribution in [1.29, 1.82) is 0 Å². The lowest BCUT2D eigenvalue weighted by Crippen LogP contribution is -1.98. The van der Waals surface area contributed by atoms with Crippen LogP contribution in [0.4, 0.5) is 4.39 Å². The highest BCUT2D eigenvalue weighted by Crippen LogP contribution is 2.21. The molecule has 2 nitrogen and oxygen atoms in total. The van der Waals surface area contributed by atoms with Gasteiger partial charge in [0.2, 0.25) is 0 Å². The molecular formula is C16H14BrFN2. The van der Waals surface area contributed by atoms with Crippen LogP contribution in [0.2, 0.25) is 0 Å². The van der Waals surface area contributed by atoms with Crippen LogP contribution in [0.25, 0.3) is 11.0 Å². The van der Waals surface area contributed by atoms with Crippen molar-refractivity contribution in [3.05, 3.63) is 63.6 Å². The second-order valence-electron chi connectivity index (χ2n) is 5.05. The minimum Gasteiger partial charge on any atom is -0.326 e. The summed E-state index contributed by atoms with van der Waals surface area (Å²) >= 11 is 3.22. The van der Waals surface area contributed by atoms with E-state index in [-0.39, 0.29) is 5.82 Å². The summed E-state index contributed by atoms with van der Waals surface area (Å²) in [6.45, 7) is 4.86. The lowest BCUT2D eigenvalue weighted by Gasteiger charge is -2.07. The van der Waals surface area contributed by atoms with Gasteiger partial charge in [0.05, 0.1) is 21.8 Å². The van der Waals surface area contributed by atoms with Gasteiger partial charge in [-0.3, -0.25) is 0 Å². The van der Waals surface area contributed by atoms with Gasteiger partial charge in [-0.2, -0.15) is 0 Å². The number of nitrogens with zero attached hydrogens (tertiary/aromatic N) is 2. The highest BCUT2D eigenvalue weighted by Gasteiger charge is 2.07. The highest BCUT2D eigenvalue weighted by atomic mass is 79.9. The quantitative estimate of drug-likeness (QED) is 0.670. The lowest BCUT2D eigenvalue weighted by atomic mass is 10.1. The summed E-state index contributed by atoms with van der Waals surface area (Å²) in [6.07, 6.45) is 1.83. The molecule has 3 aromatic rings. The van der Waals surface area contributed by atoms with E-state index in [0.29, 0.717) is 11.0 Å². The summed E-state index contributed by atoms with van der Waals surface area (Å²) in [6, 6.07) is 9.33. The molecule has 0 bridgehead atoms. The van der Waals surface area contributed by atoms with E-state index in [4.69, 9.17) is 0 Å². The van der Waals surface area contributed by atoms with Crippen molar-refractivity contribution in [3.63, 3.8) is 0 Å². The van der Waals surface area contributed by atoms with Crippen LogP contribution in [0, 0.1) is 19.7 Å². The molecule has 20 heavy (non-hydrogen) atoms. The average Bonchev–Trinajstić information content (AvgIpc) is 2.77. The molecule has 0 aliphatic carbocycles. The molecule has 0 saturated carbocycles. The van der Waals surface area contributed by atoms with E-state index in [1.165, 1.54) is 17.2 Å². The van der Waals surface area contributed by atoms with Crippen LogP contribution >= 0.6 is 15.9 Å². The van der Waals surface area contributed by atoms with Gasteiger partial charge in [-0.05, 0) is 70.7 Å².